The molecule has 0 bridgehead atoms. The molecule has 180 valence electrons. The molecule has 0 saturated heterocycles. The van der Waals surface area contributed by atoms with Gasteiger partial charge in [-0.25, -0.2) is 0 Å². The van der Waals surface area contributed by atoms with Gasteiger partial charge in [-0.2, -0.15) is 0 Å². The standard InChI is InChI=1S/C26H40O6/c1-15-12-20(31-17(3)28)13-19-6-7-21-22-8-9-24(32-18(4)29)25(22,5)11-10-23(21)26(15,19)14-30-16(2)27/h15,19-24H,6-14H2,1-5H3/t15-,19+,20+,21+,22+,23+,24+,25+,26+/m1/s1. The third kappa shape index (κ3) is 3.86. The van der Waals surface area contributed by atoms with Crippen molar-refractivity contribution in [1.82, 2.24) is 0 Å². The monoisotopic (exact) mass is 448 g/mol. The summed E-state index contributed by atoms with van der Waals surface area (Å²) in [6.07, 6.45) is 8.10. The van der Waals surface area contributed by atoms with E-state index in [4.69, 9.17) is 14.2 Å². The summed E-state index contributed by atoms with van der Waals surface area (Å²) in [6.45, 7) is 9.59. The fourth-order valence-electron chi connectivity index (χ4n) is 8.73. The average Bonchev–Trinajstić information content (AvgIpc) is 3.02. The average molecular weight is 449 g/mol. The van der Waals surface area contributed by atoms with Gasteiger partial charge < -0.3 is 14.2 Å². The van der Waals surface area contributed by atoms with Crippen LogP contribution in [0.15, 0.2) is 0 Å². The minimum atomic E-state index is -0.217. The van der Waals surface area contributed by atoms with Crippen LogP contribution >= 0.6 is 0 Å². The van der Waals surface area contributed by atoms with Crippen LogP contribution in [0, 0.1) is 40.4 Å². The smallest absolute Gasteiger partial charge is 0.302 e. The third-order valence-corrected chi connectivity index (χ3v) is 9.90. The molecule has 6 heteroatoms. The van der Waals surface area contributed by atoms with Crippen molar-refractivity contribution in [3.8, 4) is 0 Å². The number of esters is 3. The molecule has 4 aliphatic carbocycles. The van der Waals surface area contributed by atoms with Crippen LogP contribution in [-0.2, 0) is 28.6 Å². The molecule has 0 unspecified atom stereocenters. The van der Waals surface area contributed by atoms with Gasteiger partial charge in [-0.15, -0.1) is 0 Å². The van der Waals surface area contributed by atoms with Crippen LogP contribution in [-0.4, -0.2) is 36.7 Å². The molecule has 4 rings (SSSR count). The van der Waals surface area contributed by atoms with Crippen molar-refractivity contribution in [3.63, 3.8) is 0 Å². The van der Waals surface area contributed by atoms with E-state index in [1.807, 2.05) is 0 Å². The summed E-state index contributed by atoms with van der Waals surface area (Å²) in [6, 6.07) is 0. The van der Waals surface area contributed by atoms with Gasteiger partial charge in [-0.3, -0.25) is 14.4 Å². The second-order valence-electron chi connectivity index (χ2n) is 11.4. The molecule has 0 N–H and O–H groups in total. The van der Waals surface area contributed by atoms with Gasteiger partial charge in [0.05, 0.1) is 6.61 Å². The van der Waals surface area contributed by atoms with Crippen LogP contribution in [0.1, 0.15) is 86.0 Å². The Balaban J connectivity index is 1.63. The third-order valence-electron chi connectivity index (χ3n) is 9.90. The van der Waals surface area contributed by atoms with Crippen molar-refractivity contribution in [2.75, 3.05) is 6.61 Å². The normalized spacial score (nSPS) is 45.1. The Morgan fingerprint density at radius 1 is 0.844 bits per heavy atom. The molecular formula is C26H40O6. The highest BCUT2D eigenvalue weighted by Gasteiger charge is 2.64. The number of rotatable bonds is 4. The van der Waals surface area contributed by atoms with Crippen LogP contribution in [0.2, 0.25) is 0 Å². The van der Waals surface area contributed by atoms with E-state index in [1.54, 1.807) is 0 Å². The number of hydrogen-bond donors (Lipinski definition) is 0. The van der Waals surface area contributed by atoms with Crippen molar-refractivity contribution < 1.29 is 28.6 Å². The first kappa shape index (κ1) is 23.6. The molecule has 0 amide bonds. The maximum atomic E-state index is 11.9. The number of hydrogen-bond acceptors (Lipinski definition) is 6. The van der Waals surface area contributed by atoms with Crippen molar-refractivity contribution >= 4 is 17.9 Å². The Morgan fingerprint density at radius 2 is 1.56 bits per heavy atom. The van der Waals surface area contributed by atoms with Crippen molar-refractivity contribution in [1.29, 1.82) is 0 Å². The molecule has 4 saturated carbocycles. The Bertz CT molecular complexity index is 763. The van der Waals surface area contributed by atoms with Crippen LogP contribution in [0.4, 0.5) is 0 Å². The fourth-order valence-corrected chi connectivity index (χ4v) is 8.73. The Kier molecular flexibility index (Phi) is 6.36. The van der Waals surface area contributed by atoms with E-state index in [0.717, 1.165) is 51.4 Å². The lowest BCUT2D eigenvalue weighted by atomic mass is 9.42. The second-order valence-corrected chi connectivity index (χ2v) is 11.4. The highest BCUT2D eigenvalue weighted by atomic mass is 16.5. The number of carbonyl (C=O) groups excluding carboxylic acids is 3. The lowest BCUT2D eigenvalue weighted by molar-refractivity contribution is -0.200. The summed E-state index contributed by atoms with van der Waals surface area (Å²) in [5.74, 6) is 1.70. The lowest BCUT2D eigenvalue weighted by Crippen LogP contribution is -2.60. The van der Waals surface area contributed by atoms with Gasteiger partial charge in [0.25, 0.3) is 0 Å². The molecule has 9 atom stereocenters. The van der Waals surface area contributed by atoms with Gasteiger partial charge in [0, 0.05) is 31.6 Å². The zero-order valence-corrected chi connectivity index (χ0v) is 20.4. The molecule has 0 aliphatic heterocycles. The van der Waals surface area contributed by atoms with Crippen LogP contribution in [0.5, 0.6) is 0 Å². The number of fused-ring (bicyclic) bond motifs is 5. The summed E-state index contributed by atoms with van der Waals surface area (Å²) in [7, 11) is 0. The summed E-state index contributed by atoms with van der Waals surface area (Å²) in [5, 5.41) is 0. The topological polar surface area (TPSA) is 78.9 Å². The van der Waals surface area contributed by atoms with Crippen molar-refractivity contribution in [2.24, 2.45) is 40.4 Å². The first-order valence-corrected chi connectivity index (χ1v) is 12.6. The second kappa shape index (κ2) is 8.64. The van der Waals surface area contributed by atoms with Crippen LogP contribution < -0.4 is 0 Å². The number of ether oxygens (including phenoxy) is 3. The van der Waals surface area contributed by atoms with Gasteiger partial charge in [-0.1, -0.05) is 13.8 Å². The molecule has 0 spiro atoms. The maximum Gasteiger partial charge on any atom is 0.302 e. The lowest BCUT2D eigenvalue weighted by Gasteiger charge is -2.63. The Labute approximate surface area is 192 Å². The van der Waals surface area contributed by atoms with Gasteiger partial charge >= 0.3 is 17.9 Å². The van der Waals surface area contributed by atoms with E-state index in [-0.39, 0.29) is 40.9 Å². The first-order valence-electron chi connectivity index (χ1n) is 12.6. The van der Waals surface area contributed by atoms with Crippen LogP contribution in [0.25, 0.3) is 0 Å². The summed E-state index contributed by atoms with van der Waals surface area (Å²) in [5.41, 5.74) is -0.0213. The van der Waals surface area contributed by atoms with Gasteiger partial charge in [0.2, 0.25) is 0 Å². The summed E-state index contributed by atoms with van der Waals surface area (Å²) >= 11 is 0. The van der Waals surface area contributed by atoms with E-state index in [2.05, 4.69) is 13.8 Å². The molecule has 0 aromatic carbocycles. The molecule has 0 radical (unpaired) electrons. The van der Waals surface area contributed by atoms with Gasteiger partial charge in [0.15, 0.2) is 0 Å². The molecule has 4 fully saturated rings. The van der Waals surface area contributed by atoms with Crippen LogP contribution in [0.3, 0.4) is 0 Å². The minimum Gasteiger partial charge on any atom is -0.465 e. The molecular weight excluding hydrogens is 408 g/mol. The minimum absolute atomic E-state index is 0.0187. The van der Waals surface area contributed by atoms with E-state index in [1.165, 1.54) is 20.8 Å². The molecule has 0 heterocycles. The fraction of sp³-hybridized carbons (Fsp3) is 0.885. The highest BCUT2D eigenvalue weighted by Crippen LogP contribution is 2.68. The molecule has 0 aromatic rings. The molecule has 6 nitrogen and oxygen atoms in total. The number of carbonyl (C=O) groups is 3. The molecule has 4 aliphatic rings. The van der Waals surface area contributed by atoms with Gasteiger partial charge in [0.1, 0.15) is 12.2 Å². The quantitative estimate of drug-likeness (QED) is 0.459. The van der Waals surface area contributed by atoms with E-state index >= 15 is 0 Å². The molecule has 0 aromatic heterocycles. The van der Waals surface area contributed by atoms with E-state index in [0.29, 0.717) is 36.2 Å². The maximum absolute atomic E-state index is 11.9. The Morgan fingerprint density at radius 3 is 2.22 bits per heavy atom. The summed E-state index contributed by atoms with van der Waals surface area (Å²) in [4.78, 5) is 35.2. The largest absolute Gasteiger partial charge is 0.465 e. The predicted molar refractivity (Wildman–Crippen MR) is 118 cm³/mol. The Hall–Kier alpha value is -1.59. The van der Waals surface area contributed by atoms with Crippen molar-refractivity contribution in [3.05, 3.63) is 0 Å². The summed E-state index contributed by atoms with van der Waals surface area (Å²) < 4.78 is 17.2. The zero-order chi connectivity index (χ0) is 23.3. The highest BCUT2D eigenvalue weighted by molar-refractivity contribution is 5.66. The first-order chi connectivity index (χ1) is 15.1. The van der Waals surface area contributed by atoms with E-state index < -0.39 is 0 Å². The molecule has 32 heavy (non-hydrogen) atoms. The predicted octanol–water partition coefficient (Wildman–Crippen LogP) is 4.68. The SMILES string of the molecule is CC(=O)OC[C@]12[C@@H](CC[C@H]3[C@@H]4CC[C@H](OC(C)=O)[C@@]4(C)CC[C@@H]31)C[C@@H](OC(C)=O)C[C@H]2C. The van der Waals surface area contributed by atoms with Crippen molar-refractivity contribution in [2.45, 2.75) is 98.2 Å². The van der Waals surface area contributed by atoms with E-state index in [9.17, 15) is 14.4 Å². The zero-order valence-electron chi connectivity index (χ0n) is 20.4. The van der Waals surface area contributed by atoms with Gasteiger partial charge in [-0.05, 0) is 81.0 Å².